The lowest BCUT2D eigenvalue weighted by atomic mass is 10.2. The Hall–Kier alpha value is -1.14. The highest BCUT2D eigenvalue weighted by molar-refractivity contribution is 5.75. The minimum absolute atomic E-state index is 0.108. The molecule has 2 atom stereocenters. The molecule has 1 heterocycles. The summed E-state index contributed by atoms with van der Waals surface area (Å²) in [6.45, 7) is 5.92. The van der Waals surface area contributed by atoms with E-state index >= 15 is 0 Å². The van der Waals surface area contributed by atoms with E-state index in [1.165, 1.54) is 12.0 Å². The summed E-state index contributed by atoms with van der Waals surface area (Å²) in [6, 6.07) is -0.602. The van der Waals surface area contributed by atoms with Crippen molar-refractivity contribution in [1.29, 1.82) is 0 Å². The maximum absolute atomic E-state index is 11.9. The third-order valence-corrected chi connectivity index (χ3v) is 2.56. The van der Waals surface area contributed by atoms with E-state index in [2.05, 4.69) is 0 Å². The molecule has 0 saturated carbocycles. The van der Waals surface area contributed by atoms with Crippen LogP contribution in [0.1, 0.15) is 27.2 Å². The SMILES string of the molecule is COCO[C@H]1CCN(C(=O)OC(C)(C)C)[C@H]1C=O. The van der Waals surface area contributed by atoms with Gasteiger partial charge in [-0.3, -0.25) is 4.90 Å². The van der Waals surface area contributed by atoms with Crippen LogP contribution in [0.2, 0.25) is 0 Å². The van der Waals surface area contributed by atoms with Crippen LogP contribution in [-0.2, 0) is 19.0 Å². The molecule has 1 amide bonds. The van der Waals surface area contributed by atoms with Gasteiger partial charge in [-0.05, 0) is 27.2 Å². The summed E-state index contributed by atoms with van der Waals surface area (Å²) in [5.74, 6) is 0. The molecular formula is C12H21NO5. The number of rotatable bonds is 4. The molecule has 0 N–H and O–H groups in total. The average Bonchev–Trinajstić information content (AvgIpc) is 2.66. The monoisotopic (exact) mass is 259 g/mol. The first-order chi connectivity index (χ1) is 8.39. The number of nitrogens with zero attached hydrogens (tertiary/aromatic N) is 1. The standard InChI is InChI=1S/C12H21NO5/c1-12(2,3)18-11(15)13-6-5-10(9(13)7-14)17-8-16-4/h7,9-10H,5-6,8H2,1-4H3/t9-,10-/m0/s1. The van der Waals surface area contributed by atoms with Gasteiger partial charge in [-0.25, -0.2) is 4.79 Å². The second kappa shape index (κ2) is 6.15. The van der Waals surface area contributed by atoms with Gasteiger partial charge in [-0.2, -0.15) is 0 Å². The third-order valence-electron chi connectivity index (χ3n) is 2.56. The molecule has 18 heavy (non-hydrogen) atoms. The van der Waals surface area contributed by atoms with Gasteiger partial charge in [-0.1, -0.05) is 0 Å². The Morgan fingerprint density at radius 3 is 2.61 bits per heavy atom. The first-order valence-corrected chi connectivity index (χ1v) is 5.94. The van der Waals surface area contributed by atoms with Crippen LogP contribution in [0.5, 0.6) is 0 Å². The van der Waals surface area contributed by atoms with E-state index < -0.39 is 17.7 Å². The summed E-state index contributed by atoms with van der Waals surface area (Å²) >= 11 is 0. The fourth-order valence-electron chi connectivity index (χ4n) is 1.82. The van der Waals surface area contributed by atoms with Crippen molar-refractivity contribution in [2.45, 2.75) is 44.9 Å². The molecule has 104 valence electrons. The van der Waals surface area contributed by atoms with Crippen molar-refractivity contribution >= 4 is 12.4 Å². The molecule has 0 radical (unpaired) electrons. The smallest absolute Gasteiger partial charge is 0.410 e. The number of ether oxygens (including phenoxy) is 3. The normalized spacial score (nSPS) is 24.1. The molecule has 1 fully saturated rings. The van der Waals surface area contributed by atoms with Gasteiger partial charge in [0.25, 0.3) is 0 Å². The number of carbonyl (C=O) groups excluding carboxylic acids is 2. The lowest BCUT2D eigenvalue weighted by Gasteiger charge is -2.27. The van der Waals surface area contributed by atoms with Crippen molar-refractivity contribution < 1.29 is 23.8 Å². The van der Waals surface area contributed by atoms with Crippen LogP contribution in [0.15, 0.2) is 0 Å². The number of aldehydes is 1. The van der Waals surface area contributed by atoms with Gasteiger partial charge in [0.15, 0.2) is 0 Å². The largest absolute Gasteiger partial charge is 0.444 e. The predicted molar refractivity (Wildman–Crippen MR) is 64.2 cm³/mol. The van der Waals surface area contributed by atoms with Gasteiger partial charge in [0.05, 0.1) is 6.10 Å². The van der Waals surface area contributed by atoms with Crippen molar-refractivity contribution in [3.63, 3.8) is 0 Å². The van der Waals surface area contributed by atoms with Crippen molar-refractivity contribution in [2.24, 2.45) is 0 Å². The second-order valence-corrected chi connectivity index (χ2v) is 5.20. The van der Waals surface area contributed by atoms with Crippen molar-refractivity contribution in [3.8, 4) is 0 Å². The molecular weight excluding hydrogens is 238 g/mol. The van der Waals surface area contributed by atoms with Crippen LogP contribution >= 0.6 is 0 Å². The maximum atomic E-state index is 11.9. The molecule has 6 nitrogen and oxygen atoms in total. The maximum Gasteiger partial charge on any atom is 0.410 e. The van der Waals surface area contributed by atoms with Crippen LogP contribution in [0.25, 0.3) is 0 Å². The van der Waals surface area contributed by atoms with Crippen LogP contribution in [-0.4, -0.2) is 55.5 Å². The van der Waals surface area contributed by atoms with Crippen LogP contribution in [0.4, 0.5) is 4.79 Å². The van der Waals surface area contributed by atoms with Gasteiger partial charge in [0.2, 0.25) is 0 Å². The van der Waals surface area contributed by atoms with Gasteiger partial charge in [0, 0.05) is 13.7 Å². The number of methoxy groups -OCH3 is 1. The highest BCUT2D eigenvalue weighted by Gasteiger charge is 2.39. The van der Waals surface area contributed by atoms with E-state index in [0.717, 1.165) is 6.29 Å². The zero-order valence-electron chi connectivity index (χ0n) is 11.3. The Morgan fingerprint density at radius 2 is 2.11 bits per heavy atom. The Labute approximate surface area is 107 Å². The molecule has 0 bridgehead atoms. The highest BCUT2D eigenvalue weighted by Crippen LogP contribution is 2.22. The summed E-state index contributed by atoms with van der Waals surface area (Å²) < 4.78 is 15.4. The van der Waals surface area contributed by atoms with Crippen LogP contribution in [0.3, 0.4) is 0 Å². The van der Waals surface area contributed by atoms with E-state index in [4.69, 9.17) is 14.2 Å². The van der Waals surface area contributed by atoms with E-state index in [1.807, 2.05) is 0 Å². The van der Waals surface area contributed by atoms with E-state index in [-0.39, 0.29) is 12.9 Å². The Bertz CT molecular complexity index is 299. The molecule has 0 aromatic heterocycles. The zero-order valence-corrected chi connectivity index (χ0v) is 11.3. The summed E-state index contributed by atoms with van der Waals surface area (Å²) in [5.41, 5.74) is -0.573. The quantitative estimate of drug-likeness (QED) is 0.560. The third kappa shape index (κ3) is 3.96. The molecule has 0 spiro atoms. The topological polar surface area (TPSA) is 65.1 Å². The number of amides is 1. The predicted octanol–water partition coefficient (Wildman–Crippen LogP) is 1.18. The Kier molecular flexibility index (Phi) is 5.10. The molecule has 1 aliphatic heterocycles. The Morgan fingerprint density at radius 1 is 1.44 bits per heavy atom. The fraction of sp³-hybridized carbons (Fsp3) is 0.833. The molecule has 0 unspecified atom stereocenters. The van der Waals surface area contributed by atoms with Gasteiger partial charge >= 0.3 is 6.09 Å². The second-order valence-electron chi connectivity index (χ2n) is 5.20. The molecule has 1 rings (SSSR count). The molecule has 6 heteroatoms. The molecule has 1 saturated heterocycles. The van der Waals surface area contributed by atoms with Crippen LogP contribution < -0.4 is 0 Å². The minimum atomic E-state index is -0.602. The first kappa shape index (κ1) is 14.9. The zero-order chi connectivity index (χ0) is 13.8. The summed E-state index contributed by atoms with van der Waals surface area (Å²) in [7, 11) is 1.51. The van der Waals surface area contributed by atoms with Gasteiger partial charge < -0.3 is 19.0 Å². The number of hydrogen-bond donors (Lipinski definition) is 0. The van der Waals surface area contributed by atoms with E-state index in [9.17, 15) is 9.59 Å². The Balaban J connectivity index is 2.61. The molecule has 0 aromatic rings. The van der Waals surface area contributed by atoms with E-state index in [1.54, 1.807) is 20.8 Å². The summed E-state index contributed by atoms with van der Waals surface area (Å²) in [5, 5.41) is 0. The molecule has 1 aliphatic rings. The van der Waals surface area contributed by atoms with Crippen molar-refractivity contribution in [1.82, 2.24) is 4.90 Å². The summed E-state index contributed by atoms with van der Waals surface area (Å²) in [6.07, 6.45) is 0.515. The van der Waals surface area contributed by atoms with Crippen molar-refractivity contribution in [3.05, 3.63) is 0 Å². The number of hydrogen-bond acceptors (Lipinski definition) is 5. The molecule has 0 aliphatic carbocycles. The average molecular weight is 259 g/mol. The first-order valence-electron chi connectivity index (χ1n) is 5.94. The number of carbonyl (C=O) groups is 2. The van der Waals surface area contributed by atoms with E-state index in [0.29, 0.717) is 13.0 Å². The lowest BCUT2D eigenvalue weighted by Crippen LogP contribution is -2.44. The molecule has 0 aromatic carbocycles. The van der Waals surface area contributed by atoms with Crippen molar-refractivity contribution in [2.75, 3.05) is 20.4 Å². The number of likely N-dealkylation sites (tertiary alicyclic amines) is 1. The highest BCUT2D eigenvalue weighted by atomic mass is 16.7. The minimum Gasteiger partial charge on any atom is -0.444 e. The van der Waals surface area contributed by atoms with Crippen LogP contribution in [0, 0.1) is 0 Å². The lowest BCUT2D eigenvalue weighted by molar-refractivity contribution is -0.120. The summed E-state index contributed by atoms with van der Waals surface area (Å²) in [4.78, 5) is 24.4. The van der Waals surface area contributed by atoms with Gasteiger partial charge in [0.1, 0.15) is 24.7 Å². The van der Waals surface area contributed by atoms with Gasteiger partial charge in [-0.15, -0.1) is 0 Å². The fourth-order valence-corrected chi connectivity index (χ4v) is 1.82.